The van der Waals surface area contributed by atoms with Crippen molar-refractivity contribution in [3.05, 3.63) is 29.8 Å². The van der Waals surface area contributed by atoms with Crippen LogP contribution < -0.4 is 4.74 Å². The molecule has 0 unspecified atom stereocenters. The summed E-state index contributed by atoms with van der Waals surface area (Å²) in [6.45, 7) is 1.16. The van der Waals surface area contributed by atoms with E-state index in [1.165, 1.54) is 7.11 Å². The van der Waals surface area contributed by atoms with E-state index in [2.05, 4.69) is 0 Å². The number of piperidine rings is 1. The largest absolute Gasteiger partial charge is 0.497 e. The van der Waals surface area contributed by atoms with Crippen LogP contribution in [0.3, 0.4) is 0 Å². The van der Waals surface area contributed by atoms with Gasteiger partial charge in [0.15, 0.2) is 0 Å². The first kappa shape index (κ1) is 15.4. The van der Waals surface area contributed by atoms with E-state index in [9.17, 15) is 9.59 Å². The number of rotatable bonds is 4. The van der Waals surface area contributed by atoms with Gasteiger partial charge in [-0.1, -0.05) is 12.1 Å². The maximum atomic E-state index is 12.4. The van der Waals surface area contributed by atoms with Crippen molar-refractivity contribution >= 4 is 11.9 Å². The van der Waals surface area contributed by atoms with E-state index < -0.39 is 0 Å². The first-order valence-electron chi connectivity index (χ1n) is 7.12. The lowest BCUT2D eigenvalue weighted by molar-refractivity contribution is -0.148. The molecule has 0 spiro atoms. The van der Waals surface area contributed by atoms with Crippen LogP contribution in [-0.4, -0.2) is 44.1 Å². The van der Waals surface area contributed by atoms with Crippen LogP contribution in [-0.2, 0) is 20.7 Å². The fourth-order valence-corrected chi connectivity index (χ4v) is 2.63. The van der Waals surface area contributed by atoms with Crippen molar-refractivity contribution in [3.63, 3.8) is 0 Å². The zero-order chi connectivity index (χ0) is 15.2. The maximum Gasteiger partial charge on any atom is 0.310 e. The van der Waals surface area contributed by atoms with Crippen LogP contribution >= 0.6 is 0 Å². The molecule has 1 aromatic rings. The highest BCUT2D eigenvalue weighted by Crippen LogP contribution is 2.19. The molecule has 1 amide bonds. The van der Waals surface area contributed by atoms with Gasteiger partial charge in [0.1, 0.15) is 5.75 Å². The van der Waals surface area contributed by atoms with Gasteiger partial charge in [0, 0.05) is 13.1 Å². The predicted molar refractivity (Wildman–Crippen MR) is 78.0 cm³/mol. The molecule has 2 rings (SSSR count). The van der Waals surface area contributed by atoms with Crippen molar-refractivity contribution in [2.75, 3.05) is 27.3 Å². The average molecular weight is 291 g/mol. The number of hydrogen-bond acceptors (Lipinski definition) is 4. The number of likely N-dealkylation sites (tertiary alicyclic amines) is 1. The van der Waals surface area contributed by atoms with Crippen LogP contribution in [0.5, 0.6) is 5.75 Å². The molecule has 1 saturated heterocycles. The van der Waals surface area contributed by atoms with Gasteiger partial charge in [-0.3, -0.25) is 9.59 Å². The van der Waals surface area contributed by atoms with Gasteiger partial charge in [0.25, 0.3) is 0 Å². The minimum atomic E-state index is -0.228. The molecule has 5 nitrogen and oxygen atoms in total. The molecule has 1 aromatic carbocycles. The minimum Gasteiger partial charge on any atom is -0.497 e. The van der Waals surface area contributed by atoms with E-state index in [-0.39, 0.29) is 17.8 Å². The lowest BCUT2D eigenvalue weighted by atomic mass is 9.97. The van der Waals surface area contributed by atoms with Crippen LogP contribution in [0.1, 0.15) is 18.4 Å². The summed E-state index contributed by atoms with van der Waals surface area (Å²) in [5.41, 5.74) is 0.916. The zero-order valence-electron chi connectivity index (χ0n) is 12.5. The van der Waals surface area contributed by atoms with Crippen LogP contribution in [0.15, 0.2) is 24.3 Å². The van der Waals surface area contributed by atoms with Crippen LogP contribution in [0, 0.1) is 5.92 Å². The third-order valence-electron chi connectivity index (χ3n) is 3.80. The van der Waals surface area contributed by atoms with Crippen molar-refractivity contribution < 1.29 is 19.1 Å². The van der Waals surface area contributed by atoms with Gasteiger partial charge in [-0.15, -0.1) is 0 Å². The smallest absolute Gasteiger partial charge is 0.310 e. The van der Waals surface area contributed by atoms with Crippen LogP contribution in [0.4, 0.5) is 0 Å². The van der Waals surface area contributed by atoms with Gasteiger partial charge in [-0.05, 0) is 30.5 Å². The maximum absolute atomic E-state index is 12.4. The molecular weight excluding hydrogens is 270 g/mol. The summed E-state index contributed by atoms with van der Waals surface area (Å²) >= 11 is 0. The van der Waals surface area contributed by atoms with E-state index in [0.717, 1.165) is 24.2 Å². The lowest BCUT2D eigenvalue weighted by Crippen LogP contribution is -2.43. The Bertz CT molecular complexity index is 515. The molecule has 5 heteroatoms. The third-order valence-corrected chi connectivity index (χ3v) is 3.80. The van der Waals surface area contributed by atoms with E-state index in [1.54, 1.807) is 12.0 Å². The quantitative estimate of drug-likeness (QED) is 0.792. The van der Waals surface area contributed by atoms with E-state index in [1.807, 2.05) is 24.3 Å². The van der Waals surface area contributed by atoms with Gasteiger partial charge in [-0.25, -0.2) is 0 Å². The second-order valence-electron chi connectivity index (χ2n) is 5.23. The Labute approximate surface area is 124 Å². The van der Waals surface area contributed by atoms with E-state index in [0.29, 0.717) is 19.5 Å². The average Bonchev–Trinajstić information content (AvgIpc) is 2.54. The SMILES string of the molecule is COC(=O)[C@H]1CCCN(C(=O)Cc2cccc(OC)c2)C1. The fraction of sp³-hybridized carbons (Fsp3) is 0.500. The number of amides is 1. The monoisotopic (exact) mass is 291 g/mol. The second kappa shape index (κ2) is 7.11. The normalized spacial score (nSPS) is 18.2. The summed E-state index contributed by atoms with van der Waals surface area (Å²) in [5.74, 6) is 0.357. The summed E-state index contributed by atoms with van der Waals surface area (Å²) in [7, 11) is 2.99. The molecule has 1 atom stereocenters. The van der Waals surface area contributed by atoms with Crippen molar-refractivity contribution in [2.45, 2.75) is 19.3 Å². The van der Waals surface area contributed by atoms with Crippen molar-refractivity contribution in [2.24, 2.45) is 5.92 Å². The highest BCUT2D eigenvalue weighted by atomic mass is 16.5. The van der Waals surface area contributed by atoms with E-state index >= 15 is 0 Å². The number of carbonyl (C=O) groups excluding carboxylic acids is 2. The summed E-state index contributed by atoms with van der Waals surface area (Å²) in [6, 6.07) is 7.48. The number of carbonyl (C=O) groups is 2. The third kappa shape index (κ3) is 3.97. The number of benzene rings is 1. The second-order valence-corrected chi connectivity index (χ2v) is 5.23. The summed E-state index contributed by atoms with van der Waals surface area (Å²) in [4.78, 5) is 25.7. The predicted octanol–water partition coefficient (Wildman–Crippen LogP) is 1.65. The van der Waals surface area contributed by atoms with Gasteiger partial charge in [-0.2, -0.15) is 0 Å². The van der Waals surface area contributed by atoms with E-state index in [4.69, 9.17) is 9.47 Å². The molecule has 1 fully saturated rings. The Morgan fingerprint density at radius 3 is 2.86 bits per heavy atom. The summed E-state index contributed by atoms with van der Waals surface area (Å²) in [5, 5.41) is 0. The van der Waals surface area contributed by atoms with Crippen molar-refractivity contribution in [1.82, 2.24) is 4.90 Å². The molecule has 0 aromatic heterocycles. The fourth-order valence-electron chi connectivity index (χ4n) is 2.63. The number of methoxy groups -OCH3 is 2. The molecule has 1 aliphatic heterocycles. The molecule has 114 valence electrons. The van der Waals surface area contributed by atoms with Gasteiger partial charge >= 0.3 is 5.97 Å². The van der Waals surface area contributed by atoms with Crippen molar-refractivity contribution in [3.8, 4) is 5.75 Å². The Hall–Kier alpha value is -2.04. The molecule has 0 bridgehead atoms. The summed E-state index contributed by atoms with van der Waals surface area (Å²) in [6.07, 6.45) is 1.95. The highest BCUT2D eigenvalue weighted by Gasteiger charge is 2.28. The number of esters is 1. The highest BCUT2D eigenvalue weighted by molar-refractivity contribution is 5.80. The topological polar surface area (TPSA) is 55.8 Å². The molecule has 0 aliphatic carbocycles. The van der Waals surface area contributed by atoms with Crippen molar-refractivity contribution in [1.29, 1.82) is 0 Å². The Morgan fingerprint density at radius 2 is 2.14 bits per heavy atom. The molecule has 21 heavy (non-hydrogen) atoms. The molecule has 0 N–H and O–H groups in total. The lowest BCUT2D eigenvalue weighted by Gasteiger charge is -2.31. The minimum absolute atomic E-state index is 0.0388. The number of ether oxygens (including phenoxy) is 2. The Kier molecular flexibility index (Phi) is 5.20. The Morgan fingerprint density at radius 1 is 1.33 bits per heavy atom. The van der Waals surface area contributed by atoms with Gasteiger partial charge < -0.3 is 14.4 Å². The Balaban J connectivity index is 1.97. The summed E-state index contributed by atoms with van der Waals surface area (Å²) < 4.78 is 9.93. The molecule has 0 saturated carbocycles. The molecule has 0 radical (unpaired) electrons. The molecular formula is C16H21NO4. The first-order valence-corrected chi connectivity index (χ1v) is 7.12. The van der Waals surface area contributed by atoms with Gasteiger partial charge in [0.05, 0.1) is 26.6 Å². The van der Waals surface area contributed by atoms with Gasteiger partial charge in [0.2, 0.25) is 5.91 Å². The standard InChI is InChI=1S/C16H21NO4/c1-20-14-7-3-5-12(9-14)10-15(18)17-8-4-6-13(11-17)16(19)21-2/h3,5,7,9,13H,4,6,8,10-11H2,1-2H3/t13-/m0/s1. The zero-order valence-corrected chi connectivity index (χ0v) is 12.5. The van der Waals surface area contributed by atoms with Crippen LogP contribution in [0.25, 0.3) is 0 Å². The number of nitrogens with zero attached hydrogens (tertiary/aromatic N) is 1. The first-order chi connectivity index (χ1) is 10.1. The molecule has 1 heterocycles. The number of hydrogen-bond donors (Lipinski definition) is 0. The van der Waals surface area contributed by atoms with Crippen LogP contribution in [0.2, 0.25) is 0 Å². The molecule has 1 aliphatic rings.